The average Bonchev–Trinajstić information content (AvgIpc) is 2.40. The monoisotopic (exact) mass is 288 g/mol. The van der Waals surface area contributed by atoms with Crippen LogP contribution in [0.3, 0.4) is 0 Å². The van der Waals surface area contributed by atoms with Gasteiger partial charge in [-0.1, -0.05) is 56.5 Å². The summed E-state index contributed by atoms with van der Waals surface area (Å²) in [5.41, 5.74) is 2.68. The molecule has 0 amide bonds. The molecule has 0 heterocycles. The molecule has 0 aliphatic heterocycles. The lowest BCUT2D eigenvalue weighted by Gasteiger charge is -2.46. The lowest BCUT2D eigenvalue weighted by molar-refractivity contribution is -0.146. The highest BCUT2D eigenvalue weighted by Crippen LogP contribution is 2.48. The topological polar surface area (TPSA) is 9.23 Å². The summed E-state index contributed by atoms with van der Waals surface area (Å²) in [4.78, 5) is 0. The van der Waals surface area contributed by atoms with E-state index >= 15 is 0 Å². The third-order valence-corrected chi connectivity index (χ3v) is 4.72. The van der Waals surface area contributed by atoms with Gasteiger partial charge in [0.25, 0.3) is 0 Å². The molecule has 1 fully saturated rings. The van der Waals surface area contributed by atoms with Crippen molar-refractivity contribution in [3.63, 3.8) is 0 Å². The van der Waals surface area contributed by atoms with Gasteiger partial charge >= 0.3 is 0 Å². The van der Waals surface area contributed by atoms with Crippen LogP contribution >= 0.6 is 0 Å². The average molecular weight is 288 g/mol. The van der Waals surface area contributed by atoms with E-state index in [0.717, 1.165) is 5.92 Å². The van der Waals surface area contributed by atoms with Gasteiger partial charge in [0.2, 0.25) is 0 Å². The summed E-state index contributed by atoms with van der Waals surface area (Å²) in [6, 6.07) is 9.01. The summed E-state index contributed by atoms with van der Waals surface area (Å²) in [7, 11) is 0. The number of hydrogen-bond acceptors (Lipinski definition) is 1. The molecule has 1 aliphatic rings. The standard InChI is InChI=1S/C20H32O/c1-15(2)13-18-10-6-7-12-20(18,21-16(3)4)19-11-8-9-17(5)14-19/h8-9,11,14-16,18H,6-7,10,12-13H2,1-5H3/t18-,20-/m1/s1. The first-order valence-electron chi connectivity index (χ1n) is 8.69. The van der Waals surface area contributed by atoms with Crippen LogP contribution < -0.4 is 0 Å². The summed E-state index contributed by atoms with van der Waals surface area (Å²) in [6.45, 7) is 11.2. The highest BCUT2D eigenvalue weighted by Gasteiger charge is 2.43. The van der Waals surface area contributed by atoms with Crippen LogP contribution in [0.5, 0.6) is 0 Å². The lowest BCUT2D eigenvalue weighted by atomic mass is 9.68. The minimum Gasteiger partial charge on any atom is -0.367 e. The Hall–Kier alpha value is -0.820. The van der Waals surface area contributed by atoms with Crippen molar-refractivity contribution in [2.24, 2.45) is 11.8 Å². The molecule has 1 nitrogen and oxygen atoms in total. The highest BCUT2D eigenvalue weighted by atomic mass is 16.5. The Morgan fingerprint density at radius 1 is 1.19 bits per heavy atom. The summed E-state index contributed by atoms with van der Waals surface area (Å²) < 4.78 is 6.63. The van der Waals surface area contributed by atoms with Gasteiger partial charge in [0, 0.05) is 0 Å². The zero-order valence-corrected chi connectivity index (χ0v) is 14.5. The van der Waals surface area contributed by atoms with Crippen molar-refractivity contribution < 1.29 is 4.74 Å². The molecule has 0 unspecified atom stereocenters. The van der Waals surface area contributed by atoms with Gasteiger partial charge in [-0.15, -0.1) is 0 Å². The van der Waals surface area contributed by atoms with Crippen LogP contribution in [0.1, 0.15) is 70.9 Å². The summed E-state index contributed by atoms with van der Waals surface area (Å²) in [5.74, 6) is 1.38. The first-order chi connectivity index (χ1) is 9.94. The predicted octanol–water partition coefficient (Wildman–Crippen LogP) is 5.85. The molecule has 2 atom stereocenters. The third-order valence-electron chi connectivity index (χ3n) is 4.72. The molecule has 1 saturated carbocycles. The number of rotatable bonds is 5. The minimum atomic E-state index is -0.0668. The van der Waals surface area contributed by atoms with E-state index in [1.165, 1.54) is 43.2 Å². The van der Waals surface area contributed by atoms with Crippen LogP contribution in [-0.4, -0.2) is 6.10 Å². The fraction of sp³-hybridized carbons (Fsp3) is 0.700. The van der Waals surface area contributed by atoms with Crippen LogP contribution in [0.25, 0.3) is 0 Å². The Balaban J connectivity index is 2.42. The van der Waals surface area contributed by atoms with Gasteiger partial charge in [0.05, 0.1) is 11.7 Å². The second kappa shape index (κ2) is 6.96. The zero-order valence-electron chi connectivity index (χ0n) is 14.5. The quantitative estimate of drug-likeness (QED) is 0.660. The third kappa shape index (κ3) is 3.88. The van der Waals surface area contributed by atoms with Gasteiger partial charge in [-0.2, -0.15) is 0 Å². The molecule has 118 valence electrons. The highest BCUT2D eigenvalue weighted by molar-refractivity contribution is 5.29. The Morgan fingerprint density at radius 3 is 2.57 bits per heavy atom. The molecular formula is C20H32O. The fourth-order valence-electron chi connectivity index (χ4n) is 4.03. The van der Waals surface area contributed by atoms with E-state index in [-0.39, 0.29) is 11.7 Å². The Bertz CT molecular complexity index is 449. The van der Waals surface area contributed by atoms with Crippen molar-refractivity contribution >= 4 is 0 Å². The molecule has 21 heavy (non-hydrogen) atoms. The number of hydrogen-bond donors (Lipinski definition) is 0. The Kier molecular flexibility index (Phi) is 5.48. The smallest absolute Gasteiger partial charge is 0.0962 e. The molecular weight excluding hydrogens is 256 g/mol. The maximum atomic E-state index is 6.63. The van der Waals surface area contributed by atoms with E-state index in [1.54, 1.807) is 0 Å². The van der Waals surface area contributed by atoms with Crippen molar-refractivity contribution in [2.45, 2.75) is 78.4 Å². The van der Waals surface area contributed by atoms with Crippen molar-refractivity contribution in [1.82, 2.24) is 0 Å². The molecule has 0 aromatic heterocycles. The normalized spacial score (nSPS) is 26.5. The maximum absolute atomic E-state index is 6.63. The van der Waals surface area contributed by atoms with E-state index < -0.39 is 0 Å². The number of ether oxygens (including phenoxy) is 1. The second-order valence-corrected chi connectivity index (χ2v) is 7.50. The van der Waals surface area contributed by atoms with E-state index in [4.69, 9.17) is 4.74 Å². The maximum Gasteiger partial charge on any atom is 0.0962 e. The Morgan fingerprint density at radius 2 is 1.95 bits per heavy atom. The molecule has 0 radical (unpaired) electrons. The lowest BCUT2D eigenvalue weighted by Crippen LogP contribution is -2.43. The molecule has 2 rings (SSSR count). The van der Waals surface area contributed by atoms with E-state index in [1.807, 2.05) is 0 Å². The minimum absolute atomic E-state index is 0.0668. The summed E-state index contributed by atoms with van der Waals surface area (Å²) in [6.07, 6.45) is 6.66. The molecule has 0 bridgehead atoms. The molecule has 0 N–H and O–H groups in total. The largest absolute Gasteiger partial charge is 0.367 e. The van der Waals surface area contributed by atoms with E-state index in [2.05, 4.69) is 58.9 Å². The van der Waals surface area contributed by atoms with Crippen LogP contribution in [-0.2, 0) is 10.3 Å². The summed E-state index contributed by atoms with van der Waals surface area (Å²) >= 11 is 0. The van der Waals surface area contributed by atoms with Crippen LogP contribution in [0.15, 0.2) is 24.3 Å². The van der Waals surface area contributed by atoms with Gasteiger partial charge in [-0.3, -0.25) is 0 Å². The Labute approximate surface area is 131 Å². The number of aryl methyl sites for hydroxylation is 1. The second-order valence-electron chi connectivity index (χ2n) is 7.50. The first kappa shape index (κ1) is 16.5. The fourth-order valence-corrected chi connectivity index (χ4v) is 4.03. The SMILES string of the molecule is Cc1cccc([C@@]2(OC(C)C)CCCC[C@@H]2CC(C)C)c1. The van der Waals surface area contributed by atoms with Gasteiger partial charge < -0.3 is 4.74 Å². The predicted molar refractivity (Wildman–Crippen MR) is 90.5 cm³/mol. The van der Waals surface area contributed by atoms with E-state index in [9.17, 15) is 0 Å². The number of benzene rings is 1. The molecule has 1 aromatic rings. The van der Waals surface area contributed by atoms with Crippen molar-refractivity contribution in [2.75, 3.05) is 0 Å². The zero-order chi connectivity index (χ0) is 15.5. The van der Waals surface area contributed by atoms with Crippen molar-refractivity contribution in [3.05, 3.63) is 35.4 Å². The molecule has 0 saturated heterocycles. The van der Waals surface area contributed by atoms with Crippen molar-refractivity contribution in [1.29, 1.82) is 0 Å². The van der Waals surface area contributed by atoms with Gasteiger partial charge in [0.1, 0.15) is 0 Å². The molecule has 0 spiro atoms. The van der Waals surface area contributed by atoms with Crippen molar-refractivity contribution in [3.8, 4) is 0 Å². The molecule has 1 aliphatic carbocycles. The van der Waals surface area contributed by atoms with Gasteiger partial charge in [-0.25, -0.2) is 0 Å². The van der Waals surface area contributed by atoms with Crippen LogP contribution in [0, 0.1) is 18.8 Å². The van der Waals surface area contributed by atoms with Crippen LogP contribution in [0.4, 0.5) is 0 Å². The first-order valence-corrected chi connectivity index (χ1v) is 8.69. The molecule has 1 heteroatoms. The van der Waals surface area contributed by atoms with Crippen LogP contribution in [0.2, 0.25) is 0 Å². The van der Waals surface area contributed by atoms with E-state index in [0.29, 0.717) is 5.92 Å². The van der Waals surface area contributed by atoms with Gasteiger partial charge in [0.15, 0.2) is 0 Å². The summed E-state index contributed by atoms with van der Waals surface area (Å²) in [5, 5.41) is 0. The molecule has 1 aromatic carbocycles. The van der Waals surface area contributed by atoms with Gasteiger partial charge in [-0.05, 0) is 57.4 Å².